The largest absolute Gasteiger partial charge is 0.456 e. The number of carbonyl (C=O) groups excluding carboxylic acids is 1. The molecule has 5 heterocycles. The fourth-order valence-corrected chi connectivity index (χ4v) is 5.61. The molecule has 4 aliphatic rings. The molecule has 11 heteroatoms. The summed E-state index contributed by atoms with van der Waals surface area (Å²) in [7, 11) is 0. The fraction of sp³-hybridized carbons (Fsp3) is 0.625. The van der Waals surface area contributed by atoms with Crippen molar-refractivity contribution in [3.8, 4) is 5.82 Å². The Kier molecular flexibility index (Phi) is 5.78. The Morgan fingerprint density at radius 3 is 2.77 bits per heavy atom. The van der Waals surface area contributed by atoms with Gasteiger partial charge in [-0.3, -0.25) is 0 Å². The minimum atomic E-state index is -0.629. The van der Waals surface area contributed by atoms with Gasteiger partial charge in [0.1, 0.15) is 12.9 Å². The third-order valence-electron chi connectivity index (χ3n) is 7.74. The van der Waals surface area contributed by atoms with E-state index in [-0.39, 0.29) is 11.6 Å². The third-order valence-corrected chi connectivity index (χ3v) is 7.74. The average Bonchev–Trinajstić information content (AvgIpc) is 3.38. The number of ether oxygens (including phenoxy) is 2. The van der Waals surface area contributed by atoms with E-state index < -0.39 is 6.10 Å². The molecule has 3 fully saturated rings. The number of tetrazole rings is 1. The summed E-state index contributed by atoms with van der Waals surface area (Å²) in [6, 6.07) is 3.72. The van der Waals surface area contributed by atoms with Gasteiger partial charge in [0, 0.05) is 44.0 Å². The summed E-state index contributed by atoms with van der Waals surface area (Å²) >= 11 is 0. The number of aromatic nitrogens is 5. The van der Waals surface area contributed by atoms with Crippen LogP contribution in [0.2, 0.25) is 0 Å². The van der Waals surface area contributed by atoms with Crippen molar-refractivity contribution in [3.63, 3.8) is 0 Å². The zero-order chi connectivity index (χ0) is 24.0. The molecule has 1 atom stereocenters. The normalized spacial score (nSPS) is 23.7. The van der Waals surface area contributed by atoms with Crippen LogP contribution in [0.3, 0.4) is 0 Å². The lowest BCUT2D eigenvalue weighted by molar-refractivity contribution is -0.137. The van der Waals surface area contributed by atoms with E-state index in [2.05, 4.69) is 30.3 Å². The van der Waals surface area contributed by atoms with Crippen LogP contribution in [0.1, 0.15) is 43.0 Å². The number of rotatable bonds is 6. The number of esters is 1. The SMILES string of the molecule is Cc1nc(-n2cnnn2)ccc1C(O)CN1CCC2(CC1)CN(C1=C(C3CC3)C(=O)OC1)CCO2. The number of morpholine rings is 1. The van der Waals surface area contributed by atoms with Crippen LogP contribution < -0.4 is 0 Å². The second kappa shape index (κ2) is 8.96. The van der Waals surface area contributed by atoms with Gasteiger partial charge in [0.25, 0.3) is 0 Å². The smallest absolute Gasteiger partial charge is 0.336 e. The van der Waals surface area contributed by atoms with E-state index in [4.69, 9.17) is 9.47 Å². The molecule has 1 aliphatic carbocycles. The Bertz CT molecular complexity index is 1120. The summed E-state index contributed by atoms with van der Waals surface area (Å²) in [5, 5.41) is 22.1. The molecule has 1 spiro atoms. The maximum Gasteiger partial charge on any atom is 0.336 e. The molecular weight excluding hydrogens is 450 g/mol. The van der Waals surface area contributed by atoms with Crippen molar-refractivity contribution in [2.45, 2.75) is 44.3 Å². The minimum Gasteiger partial charge on any atom is -0.456 e. The molecule has 0 radical (unpaired) electrons. The first-order chi connectivity index (χ1) is 17.0. The third kappa shape index (κ3) is 4.43. The standard InChI is InChI=1S/C24H31N7O4/c1-16-18(4-5-21(26-16)31-15-25-27-28-31)20(32)12-29-8-6-24(7-9-29)14-30(10-11-35-24)19-13-34-23(33)22(19)17-2-3-17/h4-5,15,17,20,32H,2-3,6-14H2,1H3. The van der Waals surface area contributed by atoms with Gasteiger partial charge in [0.15, 0.2) is 5.82 Å². The van der Waals surface area contributed by atoms with E-state index in [1.807, 2.05) is 19.1 Å². The van der Waals surface area contributed by atoms with Gasteiger partial charge in [0.2, 0.25) is 0 Å². The van der Waals surface area contributed by atoms with Gasteiger partial charge in [-0.05, 0) is 55.0 Å². The number of likely N-dealkylation sites (tertiary alicyclic amines) is 1. The summed E-state index contributed by atoms with van der Waals surface area (Å²) in [6.07, 6.45) is 4.85. The molecule has 6 rings (SSSR count). The van der Waals surface area contributed by atoms with E-state index in [1.165, 1.54) is 11.0 Å². The number of β-amino-alcohol motifs (C(OH)–C–C–N with tert-alkyl or cyclic N) is 1. The number of aryl methyl sites for hydroxylation is 1. The Labute approximate surface area is 203 Å². The summed E-state index contributed by atoms with van der Waals surface area (Å²) in [4.78, 5) is 21.4. The summed E-state index contributed by atoms with van der Waals surface area (Å²) < 4.78 is 13.2. The molecule has 1 N–H and O–H groups in total. The maximum atomic E-state index is 12.3. The van der Waals surface area contributed by atoms with Crippen molar-refractivity contribution in [3.05, 3.63) is 41.0 Å². The van der Waals surface area contributed by atoms with Crippen molar-refractivity contribution in [1.82, 2.24) is 35.0 Å². The highest BCUT2D eigenvalue weighted by atomic mass is 16.5. The Hall–Kier alpha value is -2.89. The van der Waals surface area contributed by atoms with Crippen LogP contribution in [-0.4, -0.2) is 97.6 Å². The zero-order valence-electron chi connectivity index (χ0n) is 20.0. The number of carbonyl (C=O) groups is 1. The molecule has 2 saturated heterocycles. The molecule has 0 bridgehead atoms. The second-order valence-corrected chi connectivity index (χ2v) is 10.1. The Morgan fingerprint density at radius 2 is 2.06 bits per heavy atom. The fourth-order valence-electron chi connectivity index (χ4n) is 5.61. The molecule has 0 amide bonds. The van der Waals surface area contributed by atoms with Gasteiger partial charge in [-0.1, -0.05) is 6.07 Å². The first-order valence-corrected chi connectivity index (χ1v) is 12.4. The van der Waals surface area contributed by atoms with E-state index in [0.29, 0.717) is 31.5 Å². The van der Waals surface area contributed by atoms with Crippen LogP contribution in [0.15, 0.2) is 29.7 Å². The van der Waals surface area contributed by atoms with Crippen LogP contribution in [0.5, 0.6) is 0 Å². The van der Waals surface area contributed by atoms with Gasteiger partial charge in [-0.2, -0.15) is 4.68 Å². The number of aliphatic hydroxyl groups is 1. The monoisotopic (exact) mass is 481 g/mol. The first-order valence-electron chi connectivity index (χ1n) is 12.4. The minimum absolute atomic E-state index is 0.123. The highest BCUT2D eigenvalue weighted by molar-refractivity contribution is 5.92. The maximum absolute atomic E-state index is 12.3. The highest BCUT2D eigenvalue weighted by Gasteiger charge is 2.44. The lowest BCUT2D eigenvalue weighted by Gasteiger charge is -2.48. The number of aliphatic hydroxyl groups excluding tert-OH is 1. The number of hydrogen-bond donors (Lipinski definition) is 1. The van der Waals surface area contributed by atoms with Crippen LogP contribution in [0.25, 0.3) is 5.82 Å². The molecule has 3 aliphatic heterocycles. The Balaban J connectivity index is 1.07. The van der Waals surface area contributed by atoms with Crippen LogP contribution in [-0.2, 0) is 14.3 Å². The number of hydrogen-bond acceptors (Lipinski definition) is 10. The zero-order valence-corrected chi connectivity index (χ0v) is 20.0. The van der Waals surface area contributed by atoms with E-state index in [9.17, 15) is 9.90 Å². The predicted octanol–water partition coefficient (Wildman–Crippen LogP) is 0.787. The summed E-state index contributed by atoms with van der Waals surface area (Å²) in [5.74, 6) is 0.890. The van der Waals surface area contributed by atoms with Crippen molar-refractivity contribution in [1.29, 1.82) is 0 Å². The predicted molar refractivity (Wildman–Crippen MR) is 123 cm³/mol. The van der Waals surface area contributed by atoms with Crippen LogP contribution in [0, 0.1) is 12.8 Å². The van der Waals surface area contributed by atoms with Gasteiger partial charge >= 0.3 is 5.97 Å². The van der Waals surface area contributed by atoms with Crippen LogP contribution in [0.4, 0.5) is 0 Å². The molecular formula is C24H31N7O4. The molecule has 1 saturated carbocycles. The summed E-state index contributed by atoms with van der Waals surface area (Å²) in [5.41, 5.74) is 3.37. The second-order valence-electron chi connectivity index (χ2n) is 10.1. The average molecular weight is 482 g/mol. The topological polar surface area (TPSA) is 119 Å². The van der Waals surface area contributed by atoms with Crippen molar-refractivity contribution in [2.24, 2.45) is 5.92 Å². The molecule has 1 unspecified atom stereocenters. The van der Waals surface area contributed by atoms with Gasteiger partial charge in [-0.25, -0.2) is 9.78 Å². The molecule has 2 aromatic heterocycles. The number of pyridine rings is 1. The van der Waals surface area contributed by atoms with E-state index in [1.54, 1.807) is 0 Å². The number of piperidine rings is 1. The van der Waals surface area contributed by atoms with Crippen LogP contribution >= 0.6 is 0 Å². The number of cyclic esters (lactones) is 1. The lowest BCUT2D eigenvalue weighted by Crippen LogP contribution is -2.57. The lowest BCUT2D eigenvalue weighted by atomic mass is 9.88. The van der Waals surface area contributed by atoms with E-state index >= 15 is 0 Å². The quantitative estimate of drug-likeness (QED) is 0.593. The highest BCUT2D eigenvalue weighted by Crippen LogP contribution is 2.42. The van der Waals surface area contributed by atoms with Crippen molar-refractivity contribution < 1.29 is 19.4 Å². The number of nitrogens with zero attached hydrogens (tertiary/aromatic N) is 7. The first kappa shape index (κ1) is 22.6. The van der Waals surface area contributed by atoms with Crippen molar-refractivity contribution >= 4 is 5.97 Å². The van der Waals surface area contributed by atoms with Gasteiger partial charge in [0.05, 0.1) is 29.6 Å². The molecule has 186 valence electrons. The Morgan fingerprint density at radius 1 is 1.23 bits per heavy atom. The van der Waals surface area contributed by atoms with E-state index in [0.717, 1.165) is 74.4 Å². The van der Waals surface area contributed by atoms with Crippen molar-refractivity contribution in [2.75, 3.05) is 45.9 Å². The molecule has 2 aromatic rings. The molecule has 11 nitrogen and oxygen atoms in total. The van der Waals surface area contributed by atoms with Gasteiger partial charge in [-0.15, -0.1) is 5.10 Å². The molecule has 35 heavy (non-hydrogen) atoms. The van der Waals surface area contributed by atoms with Gasteiger partial charge < -0.3 is 24.4 Å². The molecule has 0 aromatic carbocycles. The summed E-state index contributed by atoms with van der Waals surface area (Å²) in [6.45, 7) is 6.81.